The lowest BCUT2D eigenvalue weighted by atomic mass is 10.1. The van der Waals surface area contributed by atoms with Gasteiger partial charge in [-0.25, -0.2) is 9.55 Å². The van der Waals surface area contributed by atoms with Crippen LogP contribution in [0.3, 0.4) is 0 Å². The Morgan fingerprint density at radius 3 is 2.85 bits per heavy atom. The van der Waals surface area contributed by atoms with E-state index in [0.717, 1.165) is 5.56 Å². The van der Waals surface area contributed by atoms with Crippen LogP contribution in [0.25, 0.3) is 16.7 Å². The van der Waals surface area contributed by atoms with Crippen LogP contribution < -0.4 is 26.6 Å². The van der Waals surface area contributed by atoms with E-state index in [1.54, 1.807) is 35.2 Å². The third-order valence-corrected chi connectivity index (χ3v) is 4.24. The minimum Gasteiger partial charge on any atom is -0.365 e. The molecule has 0 radical (unpaired) electrons. The van der Waals surface area contributed by atoms with Crippen molar-refractivity contribution >= 4 is 28.4 Å². The highest BCUT2D eigenvalue weighted by Crippen LogP contribution is 2.14. The summed E-state index contributed by atoms with van der Waals surface area (Å²) in [6.45, 7) is 0.330. The number of nitrogens with zero attached hydrogens (tertiary/aromatic N) is 3. The fourth-order valence-electron chi connectivity index (χ4n) is 2.97. The van der Waals surface area contributed by atoms with Gasteiger partial charge in [0, 0.05) is 12.3 Å². The van der Waals surface area contributed by atoms with Crippen LogP contribution in [0.2, 0.25) is 0 Å². The van der Waals surface area contributed by atoms with Crippen molar-refractivity contribution in [1.29, 1.82) is 0 Å². The zero-order valence-electron chi connectivity index (χ0n) is 13.7. The number of hydrogen-bond donors (Lipinski definition) is 2. The first kappa shape index (κ1) is 15.7. The van der Waals surface area contributed by atoms with E-state index in [9.17, 15) is 9.59 Å². The molecule has 4 rings (SSSR count). The van der Waals surface area contributed by atoms with E-state index in [-0.39, 0.29) is 22.3 Å². The molecule has 1 amide bonds. The van der Waals surface area contributed by atoms with Gasteiger partial charge in [0.25, 0.3) is 17.1 Å². The number of carbonyl (C=O) groups is 1. The summed E-state index contributed by atoms with van der Waals surface area (Å²) in [6.07, 6.45) is 5.22. The van der Waals surface area contributed by atoms with Crippen LogP contribution in [-0.2, 0) is 6.54 Å². The highest BCUT2D eigenvalue weighted by molar-refractivity contribution is 5.99. The average Bonchev–Trinajstić information content (AvgIpc) is 2.65. The lowest BCUT2D eigenvalue weighted by molar-refractivity contribution is -0.650. The first-order valence-electron chi connectivity index (χ1n) is 7.94. The zero-order valence-corrected chi connectivity index (χ0v) is 13.7. The zero-order chi connectivity index (χ0) is 18.3. The van der Waals surface area contributed by atoms with Crippen molar-refractivity contribution in [2.45, 2.75) is 6.54 Å². The number of aromatic nitrogens is 4. The van der Waals surface area contributed by atoms with Gasteiger partial charge >= 0.3 is 0 Å². The molecule has 0 spiro atoms. The third-order valence-electron chi connectivity index (χ3n) is 4.24. The molecule has 0 aliphatic heterocycles. The van der Waals surface area contributed by atoms with Crippen LogP contribution in [0.4, 0.5) is 5.82 Å². The van der Waals surface area contributed by atoms with Crippen molar-refractivity contribution in [3.63, 3.8) is 0 Å². The molecule has 26 heavy (non-hydrogen) atoms. The molecule has 4 aromatic rings. The fraction of sp³-hybridized carbons (Fsp3) is 0.0556. The summed E-state index contributed by atoms with van der Waals surface area (Å²) in [7, 11) is 0. The number of H-pyrrole nitrogens is 1. The Morgan fingerprint density at radius 2 is 2.12 bits per heavy atom. The van der Waals surface area contributed by atoms with Gasteiger partial charge < -0.3 is 11.5 Å². The molecule has 4 heterocycles. The molecule has 0 atom stereocenters. The average molecular weight is 348 g/mol. The molecule has 0 aliphatic carbocycles. The van der Waals surface area contributed by atoms with Gasteiger partial charge in [0.1, 0.15) is 17.5 Å². The number of nitrogens with two attached hydrogens (primary N) is 2. The van der Waals surface area contributed by atoms with Crippen LogP contribution >= 0.6 is 0 Å². The van der Waals surface area contributed by atoms with E-state index >= 15 is 0 Å². The molecule has 128 valence electrons. The predicted molar refractivity (Wildman–Crippen MR) is 94.2 cm³/mol. The summed E-state index contributed by atoms with van der Waals surface area (Å²) in [5, 5.41) is 0.275. The van der Waals surface area contributed by atoms with E-state index in [0.29, 0.717) is 17.8 Å². The quantitative estimate of drug-likeness (QED) is 0.389. The second-order valence-electron chi connectivity index (χ2n) is 5.89. The molecule has 4 aromatic heterocycles. The molecule has 0 saturated carbocycles. The number of carbonyl (C=O) groups excluding carboxylic acids is 1. The van der Waals surface area contributed by atoms with Crippen molar-refractivity contribution in [2.24, 2.45) is 5.73 Å². The predicted octanol–water partition coefficient (Wildman–Crippen LogP) is -0.321. The molecule has 0 saturated heterocycles. The first-order valence-corrected chi connectivity index (χ1v) is 7.94. The molecule has 0 fully saturated rings. The Labute approximate surface area is 147 Å². The van der Waals surface area contributed by atoms with Crippen LogP contribution in [0.5, 0.6) is 0 Å². The van der Waals surface area contributed by atoms with Crippen LogP contribution in [0, 0.1) is 0 Å². The number of nitrogens with one attached hydrogen (secondary N) is 1. The maximum atomic E-state index is 12.9. The SMILES string of the molecule is NC(=O)c1cc2c(=O)n3ccccc3nc2[n+](Cc2ccc[nH+]c2)c1N. The third kappa shape index (κ3) is 2.44. The van der Waals surface area contributed by atoms with Crippen molar-refractivity contribution in [1.82, 2.24) is 9.38 Å². The Bertz CT molecular complexity index is 1220. The van der Waals surface area contributed by atoms with E-state index in [4.69, 9.17) is 11.5 Å². The second-order valence-corrected chi connectivity index (χ2v) is 5.89. The summed E-state index contributed by atoms with van der Waals surface area (Å²) >= 11 is 0. The highest BCUT2D eigenvalue weighted by Gasteiger charge is 2.23. The van der Waals surface area contributed by atoms with Crippen LogP contribution in [0.15, 0.2) is 59.8 Å². The van der Waals surface area contributed by atoms with E-state index in [2.05, 4.69) is 9.97 Å². The molecular weight excluding hydrogens is 332 g/mol. The number of aromatic amines is 1. The monoisotopic (exact) mass is 348 g/mol. The van der Waals surface area contributed by atoms with Gasteiger partial charge in [-0.05, 0) is 24.3 Å². The maximum absolute atomic E-state index is 12.9. The number of amides is 1. The minimum atomic E-state index is -0.699. The molecule has 8 heteroatoms. The van der Waals surface area contributed by atoms with E-state index in [1.165, 1.54) is 10.5 Å². The second kappa shape index (κ2) is 5.92. The lowest BCUT2D eigenvalue weighted by Crippen LogP contribution is -2.43. The Balaban J connectivity index is 2.11. The minimum absolute atomic E-state index is 0.0900. The van der Waals surface area contributed by atoms with Crippen molar-refractivity contribution < 1.29 is 14.3 Å². The van der Waals surface area contributed by atoms with Gasteiger partial charge in [-0.3, -0.25) is 14.0 Å². The summed E-state index contributed by atoms with van der Waals surface area (Å²) in [6, 6.07) is 10.4. The van der Waals surface area contributed by atoms with Gasteiger partial charge in [-0.1, -0.05) is 11.1 Å². The molecule has 0 aromatic carbocycles. The lowest BCUT2D eigenvalue weighted by Gasteiger charge is -2.10. The Hall–Kier alpha value is -3.81. The first-order chi connectivity index (χ1) is 12.6. The van der Waals surface area contributed by atoms with Crippen LogP contribution in [-0.4, -0.2) is 15.3 Å². The molecule has 0 bridgehead atoms. The molecule has 8 nitrogen and oxygen atoms in total. The van der Waals surface area contributed by atoms with E-state index in [1.807, 2.05) is 18.3 Å². The Morgan fingerprint density at radius 1 is 1.27 bits per heavy atom. The van der Waals surface area contributed by atoms with Crippen molar-refractivity contribution in [3.05, 3.63) is 76.5 Å². The smallest absolute Gasteiger partial charge is 0.278 e. The standard InChI is InChI=1S/C18H14N6O2/c19-15-12(16(20)25)8-13-17(24(15)10-11-4-3-6-21-9-11)22-14-5-1-2-7-23(14)18(13)26/h1-9,19H,10H2,(H2,20,25)/p+2. The normalized spacial score (nSPS) is 11.1. The van der Waals surface area contributed by atoms with Gasteiger partial charge in [0.05, 0.1) is 5.56 Å². The number of nitrogen functional groups attached to an aromatic ring is 1. The summed E-state index contributed by atoms with van der Waals surface area (Å²) < 4.78 is 3.05. The topological polar surface area (TPSA) is 122 Å². The van der Waals surface area contributed by atoms with Gasteiger partial charge in [-0.2, -0.15) is 0 Å². The molecule has 5 N–H and O–H groups in total. The molecular formula is C18H16N6O2+2. The fourth-order valence-corrected chi connectivity index (χ4v) is 2.97. The molecule has 0 unspecified atom stereocenters. The number of rotatable bonds is 3. The van der Waals surface area contributed by atoms with Crippen molar-refractivity contribution in [2.75, 3.05) is 5.73 Å². The number of pyridine rings is 3. The number of anilines is 1. The van der Waals surface area contributed by atoms with E-state index < -0.39 is 5.91 Å². The Kier molecular flexibility index (Phi) is 3.58. The number of fused-ring (bicyclic) bond motifs is 2. The number of hydrogen-bond acceptors (Lipinski definition) is 4. The highest BCUT2D eigenvalue weighted by atomic mass is 16.1. The number of primary amides is 1. The summed E-state index contributed by atoms with van der Waals surface area (Å²) in [4.78, 5) is 32.3. The van der Waals surface area contributed by atoms with Crippen molar-refractivity contribution in [3.8, 4) is 0 Å². The van der Waals surface area contributed by atoms with Gasteiger partial charge in [0.15, 0.2) is 12.4 Å². The molecule has 0 aliphatic rings. The summed E-state index contributed by atoms with van der Waals surface area (Å²) in [5.41, 5.74) is 13.2. The van der Waals surface area contributed by atoms with Gasteiger partial charge in [0.2, 0.25) is 11.5 Å². The summed E-state index contributed by atoms with van der Waals surface area (Å²) in [5.74, 6) is -0.531. The largest absolute Gasteiger partial charge is 0.365 e. The van der Waals surface area contributed by atoms with Gasteiger partial charge in [-0.15, -0.1) is 0 Å². The van der Waals surface area contributed by atoms with Crippen LogP contribution in [0.1, 0.15) is 15.9 Å². The maximum Gasteiger partial charge on any atom is 0.278 e.